The van der Waals surface area contributed by atoms with Crippen molar-refractivity contribution in [1.82, 2.24) is 5.32 Å². The van der Waals surface area contributed by atoms with Gasteiger partial charge in [-0.05, 0) is 37.5 Å². The number of amides is 1. The molecule has 0 saturated carbocycles. The van der Waals surface area contributed by atoms with Crippen LogP contribution in [0, 0.1) is 6.92 Å². The van der Waals surface area contributed by atoms with E-state index >= 15 is 0 Å². The monoisotopic (exact) mass is 283 g/mol. The highest BCUT2D eigenvalue weighted by Gasteiger charge is 2.10. The molecule has 2 aromatic carbocycles. The van der Waals surface area contributed by atoms with Gasteiger partial charge < -0.3 is 10.4 Å². The molecule has 1 amide bonds. The quantitative estimate of drug-likeness (QED) is 0.882. The normalized spacial score (nSPS) is 11.9. The molecule has 0 bridgehead atoms. The maximum absolute atomic E-state index is 12.0. The van der Waals surface area contributed by atoms with Crippen LogP contribution in [-0.4, -0.2) is 11.0 Å². The van der Waals surface area contributed by atoms with Gasteiger partial charge in [0, 0.05) is 6.42 Å². The van der Waals surface area contributed by atoms with Gasteiger partial charge >= 0.3 is 0 Å². The Balaban J connectivity index is 1.87. The van der Waals surface area contributed by atoms with Crippen molar-refractivity contribution in [2.45, 2.75) is 32.7 Å². The maximum atomic E-state index is 12.0. The molecule has 1 atom stereocenters. The van der Waals surface area contributed by atoms with E-state index in [0.717, 1.165) is 11.1 Å². The van der Waals surface area contributed by atoms with Gasteiger partial charge in [-0.25, -0.2) is 0 Å². The van der Waals surface area contributed by atoms with Crippen molar-refractivity contribution >= 4 is 5.91 Å². The number of aryl methyl sites for hydroxylation is 2. The number of hydrogen-bond donors (Lipinski definition) is 2. The molecule has 3 nitrogen and oxygen atoms in total. The largest absolute Gasteiger partial charge is 0.508 e. The van der Waals surface area contributed by atoms with Crippen LogP contribution in [0.5, 0.6) is 5.75 Å². The zero-order valence-corrected chi connectivity index (χ0v) is 12.5. The molecule has 0 heterocycles. The first-order valence-corrected chi connectivity index (χ1v) is 7.19. The molecule has 0 saturated heterocycles. The summed E-state index contributed by atoms with van der Waals surface area (Å²) in [5, 5.41) is 12.7. The van der Waals surface area contributed by atoms with Crippen molar-refractivity contribution in [3.8, 4) is 5.75 Å². The van der Waals surface area contributed by atoms with Crippen molar-refractivity contribution in [2.75, 3.05) is 0 Å². The Morgan fingerprint density at radius 2 is 1.81 bits per heavy atom. The highest BCUT2D eigenvalue weighted by Crippen LogP contribution is 2.18. The highest BCUT2D eigenvalue weighted by atomic mass is 16.3. The zero-order chi connectivity index (χ0) is 15.2. The number of phenols is 1. The first-order chi connectivity index (χ1) is 10.1. The van der Waals surface area contributed by atoms with E-state index in [2.05, 4.69) is 5.32 Å². The molecule has 0 aliphatic rings. The number of para-hydroxylation sites is 1. The molecule has 0 aromatic heterocycles. The number of hydrogen-bond acceptors (Lipinski definition) is 2. The van der Waals surface area contributed by atoms with Gasteiger partial charge in [0.25, 0.3) is 0 Å². The Labute approximate surface area is 125 Å². The molecule has 3 heteroatoms. The number of aromatic hydroxyl groups is 1. The van der Waals surface area contributed by atoms with Gasteiger partial charge in [0.1, 0.15) is 5.75 Å². The van der Waals surface area contributed by atoms with Crippen LogP contribution in [0.3, 0.4) is 0 Å². The summed E-state index contributed by atoms with van der Waals surface area (Å²) >= 11 is 0. The molecule has 0 aliphatic carbocycles. The van der Waals surface area contributed by atoms with E-state index in [1.54, 1.807) is 12.1 Å². The molecule has 0 aliphatic heterocycles. The third-order valence-electron chi connectivity index (χ3n) is 3.57. The zero-order valence-electron chi connectivity index (χ0n) is 12.5. The van der Waals surface area contributed by atoms with Gasteiger partial charge in [-0.1, -0.05) is 48.0 Å². The van der Waals surface area contributed by atoms with Crippen molar-refractivity contribution in [2.24, 2.45) is 0 Å². The van der Waals surface area contributed by atoms with E-state index in [1.807, 2.05) is 50.2 Å². The molecule has 21 heavy (non-hydrogen) atoms. The van der Waals surface area contributed by atoms with Crippen LogP contribution in [0.15, 0.2) is 48.5 Å². The standard InChI is InChI=1S/C18H21NO2/c1-13-7-9-15(10-8-13)14(2)19-18(21)12-11-16-5-3-4-6-17(16)20/h3-10,14,20H,11-12H2,1-2H3,(H,19,21). The van der Waals surface area contributed by atoms with E-state index < -0.39 is 0 Å². The van der Waals surface area contributed by atoms with Gasteiger partial charge in [0.15, 0.2) is 0 Å². The average molecular weight is 283 g/mol. The summed E-state index contributed by atoms with van der Waals surface area (Å²) in [6, 6.07) is 15.3. The fourth-order valence-electron chi connectivity index (χ4n) is 2.22. The second-order valence-corrected chi connectivity index (χ2v) is 5.33. The second kappa shape index (κ2) is 6.93. The molecule has 2 rings (SSSR count). The summed E-state index contributed by atoms with van der Waals surface area (Å²) in [7, 11) is 0. The first kappa shape index (κ1) is 15.1. The lowest BCUT2D eigenvalue weighted by atomic mass is 10.1. The summed E-state index contributed by atoms with van der Waals surface area (Å²) in [4.78, 5) is 12.0. The molecule has 0 fully saturated rings. The van der Waals surface area contributed by atoms with Crippen LogP contribution in [0.1, 0.15) is 36.1 Å². The van der Waals surface area contributed by atoms with Crippen LogP contribution in [0.25, 0.3) is 0 Å². The second-order valence-electron chi connectivity index (χ2n) is 5.33. The van der Waals surface area contributed by atoms with Crippen LogP contribution in [-0.2, 0) is 11.2 Å². The number of benzene rings is 2. The lowest BCUT2D eigenvalue weighted by Crippen LogP contribution is -2.26. The average Bonchev–Trinajstić information content (AvgIpc) is 2.47. The summed E-state index contributed by atoms with van der Waals surface area (Å²) in [6.45, 7) is 4.02. The van der Waals surface area contributed by atoms with Crippen LogP contribution >= 0.6 is 0 Å². The molecule has 2 N–H and O–H groups in total. The van der Waals surface area contributed by atoms with Gasteiger partial charge in [0.2, 0.25) is 5.91 Å². The van der Waals surface area contributed by atoms with E-state index in [-0.39, 0.29) is 17.7 Å². The number of nitrogens with one attached hydrogen (secondary N) is 1. The van der Waals surface area contributed by atoms with Crippen molar-refractivity contribution in [3.63, 3.8) is 0 Å². The van der Waals surface area contributed by atoms with Gasteiger partial charge in [0.05, 0.1) is 6.04 Å². The fraction of sp³-hybridized carbons (Fsp3) is 0.278. The lowest BCUT2D eigenvalue weighted by molar-refractivity contribution is -0.121. The summed E-state index contributed by atoms with van der Waals surface area (Å²) in [6.07, 6.45) is 0.910. The molecular weight excluding hydrogens is 262 g/mol. The fourth-order valence-corrected chi connectivity index (χ4v) is 2.22. The predicted molar refractivity (Wildman–Crippen MR) is 84.2 cm³/mol. The Morgan fingerprint density at radius 3 is 2.48 bits per heavy atom. The highest BCUT2D eigenvalue weighted by molar-refractivity contribution is 5.76. The maximum Gasteiger partial charge on any atom is 0.220 e. The van der Waals surface area contributed by atoms with Gasteiger partial charge in [-0.3, -0.25) is 4.79 Å². The summed E-state index contributed by atoms with van der Waals surface area (Å²) in [5.41, 5.74) is 3.10. The number of carbonyl (C=O) groups excluding carboxylic acids is 1. The molecule has 0 radical (unpaired) electrons. The van der Waals surface area contributed by atoms with Crippen molar-refractivity contribution in [1.29, 1.82) is 0 Å². The Bertz CT molecular complexity index is 605. The van der Waals surface area contributed by atoms with E-state index in [0.29, 0.717) is 12.8 Å². The molecule has 110 valence electrons. The summed E-state index contributed by atoms with van der Waals surface area (Å²) in [5.74, 6) is 0.239. The SMILES string of the molecule is Cc1ccc(C(C)NC(=O)CCc2ccccc2O)cc1. The Morgan fingerprint density at radius 1 is 1.14 bits per heavy atom. The van der Waals surface area contributed by atoms with Crippen LogP contribution in [0.2, 0.25) is 0 Å². The first-order valence-electron chi connectivity index (χ1n) is 7.19. The minimum atomic E-state index is -0.0116. The minimum Gasteiger partial charge on any atom is -0.508 e. The molecular formula is C18H21NO2. The molecule has 2 aromatic rings. The molecule has 1 unspecified atom stereocenters. The van der Waals surface area contributed by atoms with Crippen LogP contribution in [0.4, 0.5) is 0 Å². The lowest BCUT2D eigenvalue weighted by Gasteiger charge is -2.14. The van der Waals surface area contributed by atoms with E-state index in [4.69, 9.17) is 0 Å². The Hall–Kier alpha value is -2.29. The number of carbonyl (C=O) groups is 1. The minimum absolute atomic E-state index is 0.00803. The van der Waals surface area contributed by atoms with E-state index in [1.165, 1.54) is 5.56 Å². The predicted octanol–water partition coefficient (Wildman–Crippen LogP) is 3.51. The van der Waals surface area contributed by atoms with Crippen LogP contribution < -0.4 is 5.32 Å². The summed E-state index contributed by atoms with van der Waals surface area (Å²) < 4.78 is 0. The van der Waals surface area contributed by atoms with Gasteiger partial charge in [-0.2, -0.15) is 0 Å². The third kappa shape index (κ3) is 4.35. The topological polar surface area (TPSA) is 49.3 Å². The van der Waals surface area contributed by atoms with Crippen molar-refractivity contribution < 1.29 is 9.90 Å². The molecule has 0 spiro atoms. The van der Waals surface area contributed by atoms with E-state index in [9.17, 15) is 9.90 Å². The Kier molecular flexibility index (Phi) is 4.99. The van der Waals surface area contributed by atoms with Gasteiger partial charge in [-0.15, -0.1) is 0 Å². The smallest absolute Gasteiger partial charge is 0.220 e. The number of phenolic OH excluding ortho intramolecular Hbond substituents is 1. The van der Waals surface area contributed by atoms with Crippen molar-refractivity contribution in [3.05, 3.63) is 65.2 Å². The number of rotatable bonds is 5. The third-order valence-corrected chi connectivity index (χ3v) is 3.57.